The normalized spacial score (nSPS) is 20.0. The topological polar surface area (TPSA) is 49.3 Å². The molecule has 23 heavy (non-hydrogen) atoms. The Hall–Kier alpha value is -1.17. The van der Waals surface area contributed by atoms with Crippen LogP contribution in [0.25, 0.3) is 0 Å². The largest absolute Gasteiger partial charge is 0.343 e. The Morgan fingerprint density at radius 2 is 1.87 bits per heavy atom. The molecule has 0 aromatic carbocycles. The second-order valence-corrected chi connectivity index (χ2v) is 7.72. The van der Waals surface area contributed by atoms with Crippen molar-refractivity contribution in [2.24, 2.45) is 0 Å². The number of hydrogen-bond acceptors (Lipinski definition) is 5. The average molecular weight is 337 g/mol. The molecule has 0 bridgehead atoms. The van der Waals surface area contributed by atoms with Crippen LogP contribution in [-0.2, 0) is 4.79 Å². The minimum absolute atomic E-state index is 0.312. The molecular weight excluding hydrogens is 308 g/mol. The summed E-state index contributed by atoms with van der Waals surface area (Å²) in [6, 6.07) is 0. The zero-order valence-electron chi connectivity index (χ0n) is 14.2. The molecular formula is C17H28N4OS. The van der Waals surface area contributed by atoms with Crippen LogP contribution in [-0.4, -0.2) is 47.2 Å². The van der Waals surface area contributed by atoms with E-state index in [2.05, 4.69) is 22.0 Å². The number of piperazine rings is 1. The van der Waals surface area contributed by atoms with E-state index in [1.165, 1.54) is 37.1 Å². The van der Waals surface area contributed by atoms with Crippen molar-refractivity contribution in [3.63, 3.8) is 0 Å². The van der Waals surface area contributed by atoms with Crippen molar-refractivity contribution in [1.82, 2.24) is 15.1 Å². The molecule has 0 spiro atoms. The average Bonchev–Trinajstić information content (AvgIpc) is 3.11. The number of aromatic nitrogens is 2. The zero-order valence-corrected chi connectivity index (χ0v) is 15.0. The molecule has 0 radical (unpaired) electrons. The van der Waals surface area contributed by atoms with E-state index in [0.29, 0.717) is 18.2 Å². The van der Waals surface area contributed by atoms with Crippen LogP contribution in [0.4, 0.5) is 5.13 Å². The number of anilines is 1. The predicted octanol–water partition coefficient (Wildman–Crippen LogP) is 3.42. The third-order valence-electron chi connectivity index (χ3n) is 5.03. The Morgan fingerprint density at radius 3 is 2.57 bits per heavy atom. The molecule has 1 aliphatic heterocycles. The highest BCUT2D eigenvalue weighted by Gasteiger charge is 2.25. The van der Waals surface area contributed by atoms with Crippen LogP contribution in [0.5, 0.6) is 0 Å². The molecule has 2 heterocycles. The van der Waals surface area contributed by atoms with Crippen molar-refractivity contribution in [2.45, 2.75) is 64.2 Å². The van der Waals surface area contributed by atoms with E-state index < -0.39 is 0 Å². The molecule has 1 saturated carbocycles. The lowest BCUT2D eigenvalue weighted by Gasteiger charge is -2.34. The quantitative estimate of drug-likeness (QED) is 0.826. The van der Waals surface area contributed by atoms with Crippen molar-refractivity contribution in [3.8, 4) is 0 Å². The third-order valence-corrected chi connectivity index (χ3v) is 6.18. The molecule has 1 amide bonds. The standard InChI is InChI=1S/C17H28N4OS/c1-2-3-9-15(22)20-10-12-21(13-11-20)17-19-18-16(23-17)14-7-5-4-6-8-14/h14H,2-13H2,1H3. The van der Waals surface area contributed by atoms with Gasteiger partial charge in [0.05, 0.1) is 0 Å². The Labute approximate surface area is 143 Å². The van der Waals surface area contributed by atoms with Crippen molar-refractivity contribution < 1.29 is 4.79 Å². The van der Waals surface area contributed by atoms with E-state index in [9.17, 15) is 4.79 Å². The summed E-state index contributed by atoms with van der Waals surface area (Å²) in [6.07, 6.45) is 9.36. The van der Waals surface area contributed by atoms with Gasteiger partial charge in [-0.2, -0.15) is 0 Å². The fraction of sp³-hybridized carbons (Fsp3) is 0.824. The number of rotatable bonds is 5. The smallest absolute Gasteiger partial charge is 0.222 e. The van der Waals surface area contributed by atoms with Gasteiger partial charge in [0, 0.05) is 38.5 Å². The lowest BCUT2D eigenvalue weighted by atomic mass is 9.90. The fourth-order valence-corrected chi connectivity index (χ4v) is 4.57. The first-order valence-electron chi connectivity index (χ1n) is 9.14. The molecule has 0 atom stereocenters. The summed E-state index contributed by atoms with van der Waals surface area (Å²) in [4.78, 5) is 16.4. The zero-order chi connectivity index (χ0) is 16.1. The monoisotopic (exact) mass is 336 g/mol. The second kappa shape index (κ2) is 8.08. The highest BCUT2D eigenvalue weighted by molar-refractivity contribution is 7.15. The van der Waals surface area contributed by atoms with Crippen LogP contribution in [0, 0.1) is 0 Å². The summed E-state index contributed by atoms with van der Waals surface area (Å²) in [5.41, 5.74) is 0. The predicted molar refractivity (Wildman–Crippen MR) is 94.1 cm³/mol. The number of amides is 1. The molecule has 1 aromatic heterocycles. The maximum atomic E-state index is 12.1. The van der Waals surface area contributed by atoms with Gasteiger partial charge in [0.15, 0.2) is 0 Å². The van der Waals surface area contributed by atoms with Crippen LogP contribution >= 0.6 is 11.3 Å². The molecule has 0 unspecified atom stereocenters. The van der Waals surface area contributed by atoms with Gasteiger partial charge in [-0.25, -0.2) is 0 Å². The molecule has 128 valence electrons. The third kappa shape index (κ3) is 4.22. The first-order valence-corrected chi connectivity index (χ1v) is 9.95. The van der Waals surface area contributed by atoms with Gasteiger partial charge in [-0.05, 0) is 19.3 Å². The molecule has 0 N–H and O–H groups in total. The SMILES string of the molecule is CCCCC(=O)N1CCN(c2nnc(C3CCCCC3)s2)CC1. The van der Waals surface area contributed by atoms with Gasteiger partial charge in [-0.1, -0.05) is 43.9 Å². The van der Waals surface area contributed by atoms with Gasteiger partial charge < -0.3 is 9.80 Å². The molecule has 2 aliphatic rings. The van der Waals surface area contributed by atoms with Crippen LogP contribution in [0.2, 0.25) is 0 Å². The lowest BCUT2D eigenvalue weighted by Crippen LogP contribution is -2.48. The minimum Gasteiger partial charge on any atom is -0.343 e. The Kier molecular flexibility index (Phi) is 5.86. The number of nitrogens with zero attached hydrogens (tertiary/aromatic N) is 4. The summed E-state index contributed by atoms with van der Waals surface area (Å²) < 4.78 is 0. The van der Waals surface area contributed by atoms with E-state index >= 15 is 0 Å². The fourth-order valence-electron chi connectivity index (χ4n) is 3.50. The van der Waals surface area contributed by atoms with Gasteiger partial charge >= 0.3 is 0 Å². The van der Waals surface area contributed by atoms with E-state index in [1.807, 2.05) is 4.90 Å². The van der Waals surface area contributed by atoms with Crippen molar-refractivity contribution in [2.75, 3.05) is 31.1 Å². The number of unbranched alkanes of at least 4 members (excludes halogenated alkanes) is 1. The highest BCUT2D eigenvalue weighted by Crippen LogP contribution is 2.36. The van der Waals surface area contributed by atoms with Crippen LogP contribution < -0.4 is 4.90 Å². The first kappa shape index (κ1) is 16.7. The molecule has 1 saturated heterocycles. The molecule has 1 aromatic rings. The van der Waals surface area contributed by atoms with E-state index in [-0.39, 0.29) is 0 Å². The molecule has 2 fully saturated rings. The van der Waals surface area contributed by atoms with E-state index in [4.69, 9.17) is 0 Å². The summed E-state index contributed by atoms with van der Waals surface area (Å²) in [6.45, 7) is 5.54. The first-order chi connectivity index (χ1) is 11.3. The Balaban J connectivity index is 1.51. The van der Waals surface area contributed by atoms with E-state index in [0.717, 1.165) is 44.2 Å². The maximum absolute atomic E-state index is 12.1. The highest BCUT2D eigenvalue weighted by atomic mass is 32.1. The van der Waals surface area contributed by atoms with E-state index in [1.54, 1.807) is 11.3 Å². The van der Waals surface area contributed by atoms with Crippen LogP contribution in [0.3, 0.4) is 0 Å². The molecule has 6 heteroatoms. The second-order valence-electron chi connectivity index (χ2n) is 6.73. The summed E-state index contributed by atoms with van der Waals surface area (Å²) in [5.74, 6) is 0.943. The molecule has 1 aliphatic carbocycles. The van der Waals surface area contributed by atoms with Crippen LogP contribution in [0.15, 0.2) is 0 Å². The number of hydrogen-bond donors (Lipinski definition) is 0. The number of carbonyl (C=O) groups is 1. The summed E-state index contributed by atoms with van der Waals surface area (Å²) in [5, 5.41) is 11.2. The number of carbonyl (C=O) groups excluding carboxylic acids is 1. The van der Waals surface area contributed by atoms with Crippen molar-refractivity contribution >= 4 is 22.4 Å². The van der Waals surface area contributed by atoms with Crippen molar-refractivity contribution in [3.05, 3.63) is 5.01 Å². The van der Waals surface area contributed by atoms with Gasteiger partial charge in [0.2, 0.25) is 11.0 Å². The molecule has 5 nitrogen and oxygen atoms in total. The van der Waals surface area contributed by atoms with Gasteiger partial charge in [0.1, 0.15) is 5.01 Å². The lowest BCUT2D eigenvalue weighted by molar-refractivity contribution is -0.131. The van der Waals surface area contributed by atoms with Gasteiger partial charge in [-0.15, -0.1) is 10.2 Å². The maximum Gasteiger partial charge on any atom is 0.222 e. The Bertz CT molecular complexity index is 504. The van der Waals surface area contributed by atoms with Crippen molar-refractivity contribution in [1.29, 1.82) is 0 Å². The minimum atomic E-state index is 0.312. The van der Waals surface area contributed by atoms with Gasteiger partial charge in [0.25, 0.3) is 0 Å². The van der Waals surface area contributed by atoms with Gasteiger partial charge in [-0.3, -0.25) is 4.79 Å². The van der Waals surface area contributed by atoms with Crippen LogP contribution in [0.1, 0.15) is 69.2 Å². The Morgan fingerprint density at radius 1 is 1.13 bits per heavy atom. The summed E-state index contributed by atoms with van der Waals surface area (Å²) >= 11 is 1.77. The summed E-state index contributed by atoms with van der Waals surface area (Å²) in [7, 11) is 0. The molecule has 3 rings (SSSR count).